The van der Waals surface area contributed by atoms with Crippen LogP contribution in [0.2, 0.25) is 5.02 Å². The Balaban J connectivity index is 1.91. The van der Waals surface area contributed by atoms with E-state index in [9.17, 15) is 21.6 Å². The van der Waals surface area contributed by atoms with Crippen molar-refractivity contribution >= 4 is 27.3 Å². The van der Waals surface area contributed by atoms with Crippen molar-refractivity contribution < 1.29 is 21.6 Å². The van der Waals surface area contributed by atoms with E-state index in [0.717, 1.165) is 13.0 Å². The Labute approximate surface area is 154 Å². The van der Waals surface area contributed by atoms with Gasteiger partial charge in [0.05, 0.1) is 5.69 Å². The quantitative estimate of drug-likeness (QED) is 0.774. The maximum absolute atomic E-state index is 14.0. The van der Waals surface area contributed by atoms with E-state index < -0.39 is 27.7 Å². The first-order valence-electron chi connectivity index (χ1n) is 8.04. The number of halogens is 4. The predicted octanol–water partition coefficient (Wildman–Crippen LogP) is 4.68. The van der Waals surface area contributed by atoms with Gasteiger partial charge in [-0.15, -0.1) is 0 Å². The van der Waals surface area contributed by atoms with Crippen molar-refractivity contribution in [3.63, 3.8) is 0 Å². The number of fused-ring (bicyclic) bond motifs is 1. The summed E-state index contributed by atoms with van der Waals surface area (Å²) in [6.07, 6.45) is 1.72. The SMILES string of the molecule is Cc1cc(F)c(NS(=O)(=O)c2c[nH]c3c2CCC(C(C)(F)F)C3)cc1Cl. The molecule has 2 N–H and O–H groups in total. The molecule has 1 aromatic heterocycles. The fraction of sp³-hybridized carbons (Fsp3) is 0.412. The molecule has 9 heteroatoms. The highest BCUT2D eigenvalue weighted by molar-refractivity contribution is 7.92. The van der Waals surface area contributed by atoms with Gasteiger partial charge in [0, 0.05) is 22.8 Å². The zero-order valence-electron chi connectivity index (χ0n) is 14.2. The van der Waals surface area contributed by atoms with Crippen LogP contribution in [0.1, 0.15) is 30.2 Å². The van der Waals surface area contributed by atoms with Gasteiger partial charge in [0.2, 0.25) is 5.92 Å². The van der Waals surface area contributed by atoms with Crippen molar-refractivity contribution in [1.29, 1.82) is 0 Å². The molecule has 0 saturated carbocycles. The summed E-state index contributed by atoms with van der Waals surface area (Å²) in [4.78, 5) is 2.73. The van der Waals surface area contributed by atoms with Crippen molar-refractivity contribution in [2.45, 2.75) is 43.9 Å². The van der Waals surface area contributed by atoms with Gasteiger partial charge in [-0.05, 0) is 56.4 Å². The second kappa shape index (κ2) is 6.49. The summed E-state index contributed by atoms with van der Waals surface area (Å²) >= 11 is 5.93. The van der Waals surface area contributed by atoms with E-state index in [1.165, 1.54) is 12.3 Å². The number of aryl methyl sites for hydroxylation is 1. The molecule has 1 heterocycles. The van der Waals surface area contributed by atoms with Gasteiger partial charge >= 0.3 is 0 Å². The van der Waals surface area contributed by atoms with Crippen LogP contribution in [0.3, 0.4) is 0 Å². The third-order valence-electron chi connectivity index (χ3n) is 4.73. The van der Waals surface area contributed by atoms with E-state index in [4.69, 9.17) is 11.6 Å². The summed E-state index contributed by atoms with van der Waals surface area (Å²) in [7, 11) is -4.08. The molecular weight excluding hydrogens is 389 g/mol. The lowest BCUT2D eigenvalue weighted by Gasteiger charge is -2.27. The molecule has 142 valence electrons. The van der Waals surface area contributed by atoms with Gasteiger partial charge in [0.1, 0.15) is 10.7 Å². The van der Waals surface area contributed by atoms with Crippen molar-refractivity contribution in [3.05, 3.63) is 46.0 Å². The predicted molar refractivity (Wildman–Crippen MR) is 93.9 cm³/mol. The Morgan fingerprint density at radius 3 is 2.69 bits per heavy atom. The number of rotatable bonds is 4. The number of aromatic nitrogens is 1. The van der Waals surface area contributed by atoms with Crippen LogP contribution in [0.15, 0.2) is 23.2 Å². The Kier molecular flexibility index (Phi) is 4.77. The van der Waals surface area contributed by atoms with Crippen LogP contribution < -0.4 is 4.72 Å². The minimum Gasteiger partial charge on any atom is -0.363 e. The lowest BCUT2D eigenvalue weighted by molar-refractivity contribution is -0.0448. The van der Waals surface area contributed by atoms with E-state index in [1.807, 2.05) is 0 Å². The van der Waals surface area contributed by atoms with Gasteiger partial charge in [-0.2, -0.15) is 0 Å². The van der Waals surface area contributed by atoms with Crippen LogP contribution in [-0.4, -0.2) is 19.3 Å². The third-order valence-corrected chi connectivity index (χ3v) is 6.57. The zero-order chi connectivity index (χ0) is 19.3. The lowest BCUT2D eigenvalue weighted by Crippen LogP contribution is -2.30. The van der Waals surface area contributed by atoms with Gasteiger partial charge in [-0.1, -0.05) is 11.6 Å². The number of benzene rings is 1. The normalized spacial score (nSPS) is 17.8. The zero-order valence-corrected chi connectivity index (χ0v) is 15.7. The fourth-order valence-electron chi connectivity index (χ4n) is 3.20. The highest BCUT2D eigenvalue weighted by Crippen LogP contribution is 2.38. The molecule has 0 radical (unpaired) electrons. The van der Waals surface area contributed by atoms with E-state index in [2.05, 4.69) is 9.71 Å². The number of nitrogens with one attached hydrogen (secondary N) is 2. The van der Waals surface area contributed by atoms with Gasteiger partial charge in [0.15, 0.2) is 0 Å². The standard InChI is InChI=1S/C17H18ClF3N2O2S/c1-9-5-13(19)15(7-12(9)18)23-26(24,25)16-8-22-14-6-10(17(2,20)21)3-4-11(14)16/h5,7-8,10,22-23H,3-4,6H2,1-2H3. The molecule has 1 unspecified atom stereocenters. The maximum atomic E-state index is 14.0. The second-order valence-electron chi connectivity index (χ2n) is 6.69. The van der Waals surface area contributed by atoms with Crippen LogP contribution in [-0.2, 0) is 22.9 Å². The number of hydrogen-bond donors (Lipinski definition) is 2. The molecule has 0 spiro atoms. The smallest absolute Gasteiger partial charge is 0.263 e. The lowest BCUT2D eigenvalue weighted by atomic mass is 9.84. The molecule has 0 amide bonds. The van der Waals surface area contributed by atoms with E-state index >= 15 is 0 Å². The Hall–Kier alpha value is -1.67. The second-order valence-corrected chi connectivity index (χ2v) is 8.75. The highest BCUT2D eigenvalue weighted by Gasteiger charge is 2.38. The Morgan fingerprint density at radius 2 is 2.04 bits per heavy atom. The molecule has 26 heavy (non-hydrogen) atoms. The summed E-state index contributed by atoms with van der Waals surface area (Å²) < 4.78 is 68.7. The van der Waals surface area contributed by atoms with Crippen LogP contribution >= 0.6 is 11.6 Å². The van der Waals surface area contributed by atoms with Crippen molar-refractivity contribution in [3.8, 4) is 0 Å². The number of hydrogen-bond acceptors (Lipinski definition) is 2. The topological polar surface area (TPSA) is 62.0 Å². The van der Waals surface area contributed by atoms with Crippen molar-refractivity contribution in [1.82, 2.24) is 4.98 Å². The molecule has 1 aromatic carbocycles. The number of alkyl halides is 2. The van der Waals surface area contributed by atoms with Crippen molar-refractivity contribution in [2.75, 3.05) is 4.72 Å². The first-order chi connectivity index (χ1) is 12.0. The molecule has 1 aliphatic carbocycles. The van der Waals surface area contributed by atoms with Gasteiger partial charge in [-0.3, -0.25) is 4.72 Å². The minimum atomic E-state index is -4.08. The average Bonchev–Trinajstić information content (AvgIpc) is 2.95. The molecule has 1 aliphatic rings. The van der Waals surface area contributed by atoms with E-state index in [1.54, 1.807) is 6.92 Å². The first-order valence-corrected chi connectivity index (χ1v) is 9.90. The number of aromatic amines is 1. The maximum Gasteiger partial charge on any atom is 0.263 e. The Bertz CT molecular complexity index is 952. The summed E-state index contributed by atoms with van der Waals surface area (Å²) in [5.74, 6) is -4.42. The number of H-pyrrole nitrogens is 1. The average molecular weight is 407 g/mol. The van der Waals surface area contributed by atoms with Crippen LogP contribution in [0, 0.1) is 18.7 Å². The van der Waals surface area contributed by atoms with E-state index in [-0.39, 0.29) is 34.9 Å². The number of sulfonamides is 1. The Morgan fingerprint density at radius 1 is 1.35 bits per heavy atom. The van der Waals surface area contributed by atoms with E-state index in [0.29, 0.717) is 16.8 Å². The molecule has 2 aromatic rings. The van der Waals surface area contributed by atoms with Gasteiger partial charge in [0.25, 0.3) is 10.0 Å². The molecule has 3 rings (SSSR count). The molecule has 4 nitrogen and oxygen atoms in total. The first kappa shape index (κ1) is 19.1. The summed E-state index contributed by atoms with van der Waals surface area (Å²) in [5.41, 5.74) is 1.17. The number of anilines is 1. The van der Waals surface area contributed by atoms with Crippen LogP contribution in [0.25, 0.3) is 0 Å². The monoisotopic (exact) mass is 406 g/mol. The molecule has 1 atom stereocenters. The summed E-state index contributed by atoms with van der Waals surface area (Å²) in [6.45, 7) is 2.47. The van der Waals surface area contributed by atoms with Crippen molar-refractivity contribution in [2.24, 2.45) is 5.92 Å². The molecule has 0 aliphatic heterocycles. The van der Waals surface area contributed by atoms with Gasteiger partial charge < -0.3 is 4.98 Å². The van der Waals surface area contributed by atoms with Crippen LogP contribution in [0.4, 0.5) is 18.9 Å². The highest BCUT2D eigenvalue weighted by atomic mass is 35.5. The molecular formula is C17H18ClF3N2O2S. The van der Waals surface area contributed by atoms with Gasteiger partial charge in [-0.25, -0.2) is 21.6 Å². The minimum absolute atomic E-state index is 0.0542. The molecule has 0 saturated heterocycles. The molecule has 0 fully saturated rings. The third kappa shape index (κ3) is 3.57. The molecule has 0 bridgehead atoms. The fourth-order valence-corrected chi connectivity index (χ4v) is 4.68. The largest absolute Gasteiger partial charge is 0.363 e. The summed E-state index contributed by atoms with van der Waals surface area (Å²) in [5, 5.41) is 0.230. The summed E-state index contributed by atoms with van der Waals surface area (Å²) in [6, 6.07) is 2.34. The van der Waals surface area contributed by atoms with Crippen LogP contribution in [0.5, 0.6) is 0 Å².